The van der Waals surface area contributed by atoms with Gasteiger partial charge in [-0.15, -0.1) is 11.8 Å². The molecular formula is C19H20ClF3N4O2S2. The van der Waals surface area contributed by atoms with Crippen LogP contribution in [0, 0.1) is 11.5 Å². The van der Waals surface area contributed by atoms with Crippen LogP contribution in [0.25, 0.3) is 11.1 Å². The van der Waals surface area contributed by atoms with Crippen molar-refractivity contribution in [2.75, 3.05) is 23.4 Å². The summed E-state index contributed by atoms with van der Waals surface area (Å²) in [7, 11) is -3.44. The van der Waals surface area contributed by atoms with Gasteiger partial charge >= 0.3 is 6.18 Å². The molecule has 0 amide bonds. The lowest BCUT2D eigenvalue weighted by Crippen LogP contribution is -2.34. The summed E-state index contributed by atoms with van der Waals surface area (Å²) in [5, 5.41) is 10.0. The highest BCUT2D eigenvalue weighted by Gasteiger charge is 2.36. The number of hydrazine groups is 1. The number of rotatable bonds is 8. The first-order chi connectivity index (χ1) is 14.4. The van der Waals surface area contributed by atoms with Crippen molar-refractivity contribution in [2.24, 2.45) is 0 Å². The predicted molar refractivity (Wildman–Crippen MR) is 118 cm³/mol. The maximum atomic E-state index is 13.9. The largest absolute Gasteiger partial charge is 0.417 e. The van der Waals surface area contributed by atoms with Crippen molar-refractivity contribution in [3.8, 4) is 17.3 Å². The number of hydrogen-bond donors (Lipinski definition) is 2. The van der Waals surface area contributed by atoms with Crippen molar-refractivity contribution in [1.82, 2.24) is 10.1 Å². The van der Waals surface area contributed by atoms with Gasteiger partial charge < -0.3 is 0 Å². The number of nitrogens with zero attached hydrogens (tertiary/aromatic N) is 2. The third kappa shape index (κ3) is 6.67. The SMILES string of the molecule is CSCN(NC#N)c1cc(Cl)c(-c2ccc([C@H](C)NS(C)(=O)=O)cc2)c(C(F)(F)F)c1. The highest BCUT2D eigenvalue weighted by molar-refractivity contribution is 7.98. The zero-order chi connectivity index (χ0) is 23.4. The smallest absolute Gasteiger partial charge is 0.269 e. The molecule has 0 aromatic heterocycles. The highest BCUT2D eigenvalue weighted by Crippen LogP contribution is 2.43. The van der Waals surface area contributed by atoms with Gasteiger partial charge in [-0.1, -0.05) is 35.9 Å². The van der Waals surface area contributed by atoms with Gasteiger partial charge in [0, 0.05) is 11.6 Å². The maximum Gasteiger partial charge on any atom is 0.417 e. The van der Waals surface area contributed by atoms with Crippen LogP contribution in [0.2, 0.25) is 5.02 Å². The summed E-state index contributed by atoms with van der Waals surface area (Å²) in [6.45, 7) is 1.63. The van der Waals surface area contributed by atoms with E-state index in [1.807, 2.05) is 0 Å². The monoisotopic (exact) mass is 492 g/mol. The molecule has 168 valence electrons. The van der Waals surface area contributed by atoms with Gasteiger partial charge in [0.25, 0.3) is 0 Å². The van der Waals surface area contributed by atoms with Gasteiger partial charge in [-0.25, -0.2) is 18.6 Å². The van der Waals surface area contributed by atoms with Crippen LogP contribution >= 0.6 is 23.4 Å². The first-order valence-corrected chi connectivity index (χ1v) is 12.4. The molecule has 0 saturated heterocycles. The van der Waals surface area contributed by atoms with Crippen LogP contribution in [0.15, 0.2) is 36.4 Å². The number of benzene rings is 2. The van der Waals surface area contributed by atoms with E-state index in [-0.39, 0.29) is 27.7 Å². The topological polar surface area (TPSA) is 85.2 Å². The van der Waals surface area contributed by atoms with Gasteiger partial charge in [0.1, 0.15) is 0 Å². The van der Waals surface area contributed by atoms with Crippen LogP contribution in [0.5, 0.6) is 0 Å². The molecule has 0 bridgehead atoms. The van der Waals surface area contributed by atoms with Gasteiger partial charge in [0.2, 0.25) is 10.0 Å². The molecule has 2 rings (SSSR count). The first kappa shape index (κ1) is 25.1. The molecular weight excluding hydrogens is 473 g/mol. The second-order valence-corrected chi connectivity index (χ2v) is 9.67. The van der Waals surface area contributed by atoms with Gasteiger partial charge in [-0.2, -0.15) is 18.4 Å². The number of hydrogen-bond acceptors (Lipinski definition) is 6. The Balaban J connectivity index is 2.54. The zero-order valence-corrected chi connectivity index (χ0v) is 19.2. The van der Waals surface area contributed by atoms with Gasteiger partial charge in [0.15, 0.2) is 6.19 Å². The summed E-state index contributed by atoms with van der Waals surface area (Å²) in [6, 6.07) is 7.73. The van der Waals surface area contributed by atoms with E-state index in [9.17, 15) is 21.6 Å². The van der Waals surface area contributed by atoms with Crippen LogP contribution in [0.4, 0.5) is 18.9 Å². The van der Waals surface area contributed by atoms with Gasteiger partial charge in [-0.05, 0) is 36.4 Å². The minimum absolute atomic E-state index is 0.0968. The second-order valence-electron chi connectivity index (χ2n) is 6.65. The van der Waals surface area contributed by atoms with E-state index < -0.39 is 27.8 Å². The average molecular weight is 493 g/mol. The second kappa shape index (κ2) is 9.99. The van der Waals surface area contributed by atoms with Crippen molar-refractivity contribution in [1.29, 1.82) is 5.26 Å². The Morgan fingerprint density at radius 3 is 2.35 bits per heavy atom. The predicted octanol–water partition coefficient (Wildman–Crippen LogP) is 4.75. The number of halogens is 4. The fourth-order valence-corrected chi connectivity index (χ4v) is 4.53. The summed E-state index contributed by atoms with van der Waals surface area (Å²) >= 11 is 7.58. The molecule has 1 atom stereocenters. The summed E-state index contributed by atoms with van der Waals surface area (Å²) in [5.41, 5.74) is 2.10. The van der Waals surface area contributed by atoms with Crippen LogP contribution < -0.4 is 15.2 Å². The van der Waals surface area contributed by atoms with E-state index in [0.717, 1.165) is 12.3 Å². The summed E-state index contributed by atoms with van der Waals surface area (Å²) in [4.78, 5) is 0. The molecule has 0 heterocycles. The van der Waals surface area contributed by atoms with Crippen LogP contribution in [-0.4, -0.2) is 26.8 Å². The number of anilines is 1. The average Bonchev–Trinajstić information content (AvgIpc) is 2.65. The Morgan fingerprint density at radius 2 is 1.87 bits per heavy atom. The molecule has 0 aliphatic rings. The normalized spacial score (nSPS) is 12.8. The Kier molecular flexibility index (Phi) is 8.10. The maximum absolute atomic E-state index is 13.9. The number of sulfonamides is 1. The van der Waals surface area contributed by atoms with Crippen LogP contribution in [0.1, 0.15) is 24.1 Å². The minimum atomic E-state index is -4.70. The van der Waals surface area contributed by atoms with Crippen molar-refractivity contribution < 1.29 is 21.6 Å². The Bertz CT molecular complexity index is 1070. The van der Waals surface area contributed by atoms with Gasteiger partial charge in [0.05, 0.1) is 28.4 Å². The van der Waals surface area contributed by atoms with E-state index in [0.29, 0.717) is 5.56 Å². The molecule has 0 saturated carbocycles. The molecule has 2 aromatic rings. The Hall–Kier alpha value is -2.13. The van der Waals surface area contributed by atoms with Crippen molar-refractivity contribution in [2.45, 2.75) is 19.1 Å². The summed E-state index contributed by atoms with van der Waals surface area (Å²) in [6.07, 6.45) is -0.232. The van der Waals surface area contributed by atoms with Crippen molar-refractivity contribution in [3.05, 3.63) is 52.5 Å². The molecule has 0 fully saturated rings. The van der Waals surface area contributed by atoms with Crippen molar-refractivity contribution in [3.63, 3.8) is 0 Å². The Morgan fingerprint density at radius 1 is 1.26 bits per heavy atom. The first-order valence-electron chi connectivity index (χ1n) is 8.77. The molecule has 6 nitrogen and oxygen atoms in total. The molecule has 0 radical (unpaired) electrons. The summed E-state index contributed by atoms with van der Waals surface area (Å²) in [5.74, 6) is 0.223. The molecule has 0 aliphatic carbocycles. The fraction of sp³-hybridized carbons (Fsp3) is 0.316. The molecule has 12 heteroatoms. The van der Waals surface area contributed by atoms with E-state index >= 15 is 0 Å². The molecule has 2 N–H and O–H groups in total. The summed E-state index contributed by atoms with van der Waals surface area (Å²) < 4.78 is 66.8. The number of alkyl halides is 3. The third-order valence-corrected chi connectivity index (χ3v) is 5.82. The van der Waals surface area contributed by atoms with E-state index in [2.05, 4.69) is 10.1 Å². The zero-order valence-electron chi connectivity index (χ0n) is 16.8. The molecule has 0 spiro atoms. The number of nitrogens with one attached hydrogen (secondary N) is 2. The fourth-order valence-electron chi connectivity index (χ4n) is 2.95. The van der Waals surface area contributed by atoms with Gasteiger partial charge in [-0.3, -0.25) is 5.01 Å². The lowest BCUT2D eigenvalue weighted by Gasteiger charge is -2.24. The minimum Gasteiger partial charge on any atom is -0.269 e. The molecule has 0 unspecified atom stereocenters. The van der Waals surface area contributed by atoms with Crippen LogP contribution in [0.3, 0.4) is 0 Å². The standard InChI is InChI=1S/C19H20ClF3N4O2S2/c1-12(26-31(3,28)29)13-4-6-14(7-5-13)18-16(19(21,22)23)8-15(9-17(18)20)27(11-30-2)25-10-24/h4-9,12,25-26H,11H2,1-3H3/t12-/m0/s1. The van der Waals surface area contributed by atoms with Crippen molar-refractivity contribution >= 4 is 39.1 Å². The lowest BCUT2D eigenvalue weighted by molar-refractivity contribution is -0.137. The molecule has 2 aromatic carbocycles. The quantitative estimate of drug-likeness (QED) is 0.239. The molecule has 31 heavy (non-hydrogen) atoms. The number of thioether (sulfide) groups is 1. The lowest BCUT2D eigenvalue weighted by atomic mass is 9.96. The van der Waals surface area contributed by atoms with E-state index in [1.54, 1.807) is 31.5 Å². The third-order valence-electron chi connectivity index (χ3n) is 4.23. The molecule has 0 aliphatic heterocycles. The highest BCUT2D eigenvalue weighted by atomic mass is 35.5. The van der Waals surface area contributed by atoms with E-state index in [1.165, 1.54) is 35.0 Å². The van der Waals surface area contributed by atoms with E-state index in [4.69, 9.17) is 16.9 Å². The number of nitriles is 1. The van der Waals surface area contributed by atoms with Crippen LogP contribution in [-0.2, 0) is 16.2 Å². The Labute approximate surface area is 188 Å².